The first-order chi connectivity index (χ1) is 14.6. The summed E-state index contributed by atoms with van der Waals surface area (Å²) < 4.78 is 14.1. The summed E-state index contributed by atoms with van der Waals surface area (Å²) in [6.45, 7) is 4.87. The van der Waals surface area contributed by atoms with Crippen molar-refractivity contribution >= 4 is 28.1 Å². The predicted octanol–water partition coefficient (Wildman–Crippen LogP) is 5.69. The quantitative estimate of drug-likeness (QED) is 0.467. The standard InChI is InChI=1S/C24H26FN3OS/c1-3-18-8-5-7-11-23(18)28(17(2)29)24-26-20(16-30-24)15-27(21-12-13-21)14-19-9-4-6-10-22(19)25/h4-11,16,21H,3,12-15H2,1-2H3. The number of halogens is 1. The number of para-hydroxylation sites is 1. The van der Waals surface area contributed by atoms with Gasteiger partial charge in [-0.05, 0) is 37.0 Å². The molecule has 4 nitrogen and oxygen atoms in total. The fraction of sp³-hybridized carbons (Fsp3) is 0.333. The molecular weight excluding hydrogens is 397 g/mol. The van der Waals surface area contributed by atoms with E-state index in [4.69, 9.17) is 4.98 Å². The van der Waals surface area contributed by atoms with Gasteiger partial charge in [0, 0.05) is 37.0 Å². The van der Waals surface area contributed by atoms with Crippen molar-refractivity contribution in [3.8, 4) is 0 Å². The summed E-state index contributed by atoms with van der Waals surface area (Å²) in [5.41, 5.74) is 3.63. The Bertz CT molecular complexity index is 1030. The Hall–Kier alpha value is -2.57. The molecule has 3 aromatic rings. The molecule has 1 fully saturated rings. The normalized spacial score (nSPS) is 13.6. The summed E-state index contributed by atoms with van der Waals surface area (Å²) in [5.74, 6) is -0.219. The number of benzene rings is 2. The topological polar surface area (TPSA) is 36.4 Å². The van der Waals surface area contributed by atoms with Gasteiger partial charge in [-0.1, -0.05) is 43.3 Å². The van der Waals surface area contributed by atoms with Crippen LogP contribution in [-0.2, 0) is 24.3 Å². The van der Waals surface area contributed by atoms with E-state index < -0.39 is 0 Å². The zero-order chi connectivity index (χ0) is 21.1. The number of anilines is 2. The zero-order valence-electron chi connectivity index (χ0n) is 17.3. The van der Waals surface area contributed by atoms with Crippen LogP contribution in [0.2, 0.25) is 0 Å². The van der Waals surface area contributed by atoms with Crippen molar-refractivity contribution in [3.63, 3.8) is 0 Å². The van der Waals surface area contributed by atoms with Crippen molar-refractivity contribution in [2.75, 3.05) is 4.90 Å². The van der Waals surface area contributed by atoms with E-state index in [0.717, 1.165) is 36.2 Å². The molecule has 0 bridgehead atoms. The molecular formula is C24H26FN3OS. The SMILES string of the molecule is CCc1ccccc1N(C(C)=O)c1nc(CN(Cc2ccccc2F)C2CC2)cs1. The van der Waals surface area contributed by atoms with Crippen LogP contribution in [0.5, 0.6) is 0 Å². The minimum absolute atomic E-state index is 0.0535. The van der Waals surface area contributed by atoms with Crippen LogP contribution < -0.4 is 4.90 Å². The summed E-state index contributed by atoms with van der Waals surface area (Å²) in [4.78, 5) is 21.3. The predicted molar refractivity (Wildman–Crippen MR) is 119 cm³/mol. The van der Waals surface area contributed by atoms with Gasteiger partial charge in [0.1, 0.15) is 5.82 Å². The molecule has 30 heavy (non-hydrogen) atoms. The number of amides is 1. The molecule has 6 heteroatoms. The number of carbonyl (C=O) groups is 1. The summed E-state index contributed by atoms with van der Waals surface area (Å²) in [7, 11) is 0. The third-order valence-electron chi connectivity index (χ3n) is 5.42. The third kappa shape index (κ3) is 4.60. The Morgan fingerprint density at radius 1 is 1.10 bits per heavy atom. The number of hydrogen-bond acceptors (Lipinski definition) is 4. The van der Waals surface area contributed by atoms with Gasteiger partial charge in [0.25, 0.3) is 0 Å². The highest BCUT2D eigenvalue weighted by molar-refractivity contribution is 7.14. The van der Waals surface area contributed by atoms with Gasteiger partial charge >= 0.3 is 0 Å². The number of aromatic nitrogens is 1. The van der Waals surface area contributed by atoms with Crippen LogP contribution in [0, 0.1) is 5.82 Å². The first-order valence-electron chi connectivity index (χ1n) is 10.4. The van der Waals surface area contributed by atoms with Crippen LogP contribution >= 0.6 is 11.3 Å². The van der Waals surface area contributed by atoms with E-state index in [2.05, 4.69) is 11.8 Å². The van der Waals surface area contributed by atoms with E-state index >= 15 is 0 Å². The van der Waals surface area contributed by atoms with Gasteiger partial charge in [0.2, 0.25) is 5.91 Å². The Kier molecular flexibility index (Phi) is 6.25. The smallest absolute Gasteiger partial charge is 0.230 e. The Balaban J connectivity index is 1.56. The molecule has 1 heterocycles. The number of nitrogens with zero attached hydrogens (tertiary/aromatic N) is 3. The lowest BCUT2D eigenvalue weighted by Gasteiger charge is -2.22. The first-order valence-corrected chi connectivity index (χ1v) is 11.2. The van der Waals surface area contributed by atoms with Crippen molar-refractivity contribution in [1.29, 1.82) is 0 Å². The van der Waals surface area contributed by atoms with Crippen molar-refractivity contribution in [2.24, 2.45) is 0 Å². The van der Waals surface area contributed by atoms with Crippen molar-refractivity contribution in [1.82, 2.24) is 9.88 Å². The van der Waals surface area contributed by atoms with Crippen LogP contribution in [0.4, 0.5) is 15.2 Å². The molecule has 0 atom stereocenters. The molecule has 0 unspecified atom stereocenters. The number of thiazole rings is 1. The number of aryl methyl sites for hydroxylation is 1. The van der Waals surface area contributed by atoms with Gasteiger partial charge in [0.15, 0.2) is 5.13 Å². The van der Waals surface area contributed by atoms with Gasteiger partial charge in [0.05, 0.1) is 11.4 Å². The van der Waals surface area contributed by atoms with Gasteiger partial charge in [-0.2, -0.15) is 0 Å². The average molecular weight is 424 g/mol. The summed E-state index contributed by atoms with van der Waals surface area (Å²) >= 11 is 1.48. The third-order valence-corrected chi connectivity index (χ3v) is 6.29. The lowest BCUT2D eigenvalue weighted by atomic mass is 10.1. The van der Waals surface area contributed by atoms with E-state index in [1.807, 2.05) is 41.8 Å². The fourth-order valence-corrected chi connectivity index (χ4v) is 4.59. The number of carbonyl (C=O) groups excluding carboxylic acids is 1. The highest BCUT2D eigenvalue weighted by Gasteiger charge is 2.30. The van der Waals surface area contributed by atoms with E-state index in [1.165, 1.54) is 17.4 Å². The van der Waals surface area contributed by atoms with Gasteiger partial charge in [-0.25, -0.2) is 9.37 Å². The van der Waals surface area contributed by atoms with E-state index in [0.29, 0.717) is 29.8 Å². The van der Waals surface area contributed by atoms with Crippen LogP contribution in [0.15, 0.2) is 53.9 Å². The van der Waals surface area contributed by atoms with E-state index in [1.54, 1.807) is 17.9 Å². The maximum Gasteiger partial charge on any atom is 0.230 e. The summed E-state index contributed by atoms with van der Waals surface area (Å²) in [6.07, 6.45) is 3.11. The van der Waals surface area contributed by atoms with Crippen LogP contribution in [0.25, 0.3) is 0 Å². The van der Waals surface area contributed by atoms with Gasteiger partial charge in [-0.15, -0.1) is 11.3 Å². The molecule has 0 spiro atoms. The Morgan fingerprint density at radius 3 is 2.47 bits per heavy atom. The van der Waals surface area contributed by atoms with Crippen LogP contribution in [0.3, 0.4) is 0 Å². The molecule has 0 radical (unpaired) electrons. The lowest BCUT2D eigenvalue weighted by molar-refractivity contribution is -0.115. The fourth-order valence-electron chi connectivity index (χ4n) is 3.71. The Labute approximate surface area is 181 Å². The van der Waals surface area contributed by atoms with E-state index in [-0.39, 0.29) is 11.7 Å². The highest BCUT2D eigenvalue weighted by atomic mass is 32.1. The summed E-state index contributed by atoms with van der Waals surface area (Å²) in [5, 5.41) is 2.69. The second-order valence-electron chi connectivity index (χ2n) is 7.69. The molecule has 1 aliphatic rings. The minimum Gasteiger partial charge on any atom is -0.290 e. The van der Waals surface area contributed by atoms with Crippen LogP contribution in [0.1, 0.15) is 43.5 Å². The monoisotopic (exact) mass is 423 g/mol. The van der Waals surface area contributed by atoms with Crippen molar-refractivity contribution in [2.45, 2.75) is 52.2 Å². The summed E-state index contributed by atoms with van der Waals surface area (Å²) in [6, 6.07) is 15.4. The second-order valence-corrected chi connectivity index (χ2v) is 8.52. The van der Waals surface area contributed by atoms with Gasteiger partial charge in [-0.3, -0.25) is 14.6 Å². The molecule has 2 aromatic carbocycles. The maximum atomic E-state index is 14.1. The van der Waals surface area contributed by atoms with Crippen molar-refractivity contribution < 1.29 is 9.18 Å². The van der Waals surface area contributed by atoms with Gasteiger partial charge < -0.3 is 0 Å². The molecule has 0 N–H and O–H groups in total. The molecule has 156 valence electrons. The maximum absolute atomic E-state index is 14.1. The average Bonchev–Trinajstić information content (AvgIpc) is 3.49. The molecule has 1 saturated carbocycles. The van der Waals surface area contributed by atoms with Crippen molar-refractivity contribution in [3.05, 3.63) is 76.5 Å². The van der Waals surface area contributed by atoms with E-state index in [9.17, 15) is 9.18 Å². The first kappa shape index (κ1) is 20.7. The number of hydrogen-bond donors (Lipinski definition) is 0. The largest absolute Gasteiger partial charge is 0.290 e. The zero-order valence-corrected chi connectivity index (χ0v) is 18.2. The van der Waals surface area contributed by atoms with Crippen LogP contribution in [-0.4, -0.2) is 21.8 Å². The number of rotatable bonds is 8. The Morgan fingerprint density at radius 2 is 1.80 bits per heavy atom. The molecule has 1 amide bonds. The molecule has 1 aromatic heterocycles. The molecule has 0 aliphatic heterocycles. The second kappa shape index (κ2) is 9.06. The lowest BCUT2D eigenvalue weighted by Crippen LogP contribution is -2.26. The minimum atomic E-state index is -0.166. The molecule has 0 saturated heterocycles. The molecule has 1 aliphatic carbocycles. The highest BCUT2D eigenvalue weighted by Crippen LogP contribution is 2.34. The molecule has 4 rings (SSSR count).